The first-order chi connectivity index (χ1) is 12.5. The van der Waals surface area contributed by atoms with Crippen LogP contribution in [0.5, 0.6) is 0 Å². The van der Waals surface area contributed by atoms with Gasteiger partial charge in [-0.15, -0.1) is 0 Å². The number of hydrogen-bond acceptors (Lipinski definition) is 3. The summed E-state index contributed by atoms with van der Waals surface area (Å²) >= 11 is 5.88. The fourth-order valence-corrected chi connectivity index (χ4v) is 2.65. The highest BCUT2D eigenvalue weighted by Crippen LogP contribution is 2.15. The molecule has 2 aromatic rings. The van der Waals surface area contributed by atoms with Gasteiger partial charge in [-0.25, -0.2) is 0 Å². The molecule has 0 aliphatic carbocycles. The molecule has 138 valence electrons. The Balaban J connectivity index is 1.60. The Kier molecular flexibility index (Phi) is 7.48. The van der Waals surface area contributed by atoms with E-state index in [1.165, 1.54) is 0 Å². The number of nitrogens with one attached hydrogen (secondary N) is 2. The molecule has 26 heavy (non-hydrogen) atoms. The number of halogens is 1. The third kappa shape index (κ3) is 6.41. The second-order valence-corrected chi connectivity index (χ2v) is 6.63. The number of benzene rings is 2. The lowest BCUT2D eigenvalue weighted by Crippen LogP contribution is -2.24. The number of carbonyl (C=O) groups is 2. The Hall–Kier alpha value is -2.53. The minimum atomic E-state index is -0.129. The van der Waals surface area contributed by atoms with Crippen molar-refractivity contribution in [3.63, 3.8) is 0 Å². The molecule has 0 heterocycles. The maximum Gasteiger partial charge on any atom is 0.251 e. The van der Waals surface area contributed by atoms with Gasteiger partial charge in [-0.05, 0) is 55.7 Å². The molecular formula is C20H24ClN3O2. The normalized spacial score (nSPS) is 10.4. The smallest absolute Gasteiger partial charge is 0.251 e. The van der Waals surface area contributed by atoms with Gasteiger partial charge in [0.05, 0.1) is 0 Å². The Bertz CT molecular complexity index is 777. The fourth-order valence-electron chi connectivity index (χ4n) is 2.46. The quantitative estimate of drug-likeness (QED) is 0.479. The van der Waals surface area contributed by atoms with E-state index in [1.54, 1.807) is 36.4 Å². The molecule has 0 bridgehead atoms. The number of carbonyl (C=O) groups excluding carboxylic acids is 2. The van der Waals surface area contributed by atoms with Gasteiger partial charge in [-0.3, -0.25) is 9.59 Å². The summed E-state index contributed by atoms with van der Waals surface area (Å²) in [6, 6.07) is 12.4. The second kappa shape index (κ2) is 9.82. The Morgan fingerprint density at radius 1 is 1.08 bits per heavy atom. The van der Waals surface area contributed by atoms with Crippen LogP contribution in [0.25, 0.3) is 0 Å². The number of nitrogen functional groups attached to an aromatic ring is 1. The van der Waals surface area contributed by atoms with Gasteiger partial charge in [0.25, 0.3) is 5.91 Å². The first-order valence-corrected chi connectivity index (χ1v) is 9.03. The summed E-state index contributed by atoms with van der Waals surface area (Å²) in [5.74, 6) is -0.165. The fraction of sp³-hybridized carbons (Fsp3) is 0.300. The van der Waals surface area contributed by atoms with Gasteiger partial charge in [0.2, 0.25) is 5.91 Å². The molecule has 2 rings (SSSR count). The van der Waals surface area contributed by atoms with E-state index < -0.39 is 0 Å². The summed E-state index contributed by atoms with van der Waals surface area (Å²) in [7, 11) is 0. The predicted octanol–water partition coefficient (Wildman–Crippen LogP) is 4.16. The SMILES string of the molecule is Cc1ccc(C(=O)NCCCCCC(=O)Nc2cccc(Cl)c2)cc1N. The zero-order valence-corrected chi connectivity index (χ0v) is 15.6. The van der Waals surface area contributed by atoms with Gasteiger partial charge in [0.15, 0.2) is 0 Å². The largest absolute Gasteiger partial charge is 0.398 e. The zero-order chi connectivity index (χ0) is 18.9. The van der Waals surface area contributed by atoms with Crippen molar-refractivity contribution in [3.8, 4) is 0 Å². The molecular weight excluding hydrogens is 350 g/mol. The van der Waals surface area contributed by atoms with E-state index in [1.807, 2.05) is 13.0 Å². The molecule has 0 fully saturated rings. The van der Waals surface area contributed by atoms with Crippen LogP contribution in [-0.2, 0) is 4.79 Å². The summed E-state index contributed by atoms with van der Waals surface area (Å²) in [4.78, 5) is 23.9. The van der Waals surface area contributed by atoms with Crippen LogP contribution in [0.15, 0.2) is 42.5 Å². The average molecular weight is 374 g/mol. The van der Waals surface area contributed by atoms with Crippen molar-refractivity contribution >= 4 is 34.8 Å². The number of amides is 2. The molecule has 6 heteroatoms. The number of rotatable bonds is 8. The summed E-state index contributed by atoms with van der Waals surface area (Å²) in [5.41, 5.74) is 8.65. The molecule has 5 nitrogen and oxygen atoms in total. The number of nitrogens with two attached hydrogens (primary N) is 1. The standard InChI is InChI=1S/C20H24ClN3O2/c1-14-9-10-15(12-18(14)22)20(26)23-11-4-2-3-8-19(25)24-17-7-5-6-16(21)13-17/h5-7,9-10,12-13H,2-4,8,11,22H2,1H3,(H,23,26)(H,24,25). The number of hydrogen-bond donors (Lipinski definition) is 3. The molecule has 2 amide bonds. The van der Waals surface area contributed by atoms with Crippen molar-refractivity contribution in [3.05, 3.63) is 58.6 Å². The van der Waals surface area contributed by atoms with Gasteiger partial charge < -0.3 is 16.4 Å². The minimum absolute atomic E-state index is 0.0357. The maximum absolute atomic E-state index is 12.0. The van der Waals surface area contributed by atoms with Gasteiger partial charge in [0, 0.05) is 34.9 Å². The first-order valence-electron chi connectivity index (χ1n) is 8.65. The van der Waals surface area contributed by atoms with Crippen LogP contribution in [0.1, 0.15) is 41.6 Å². The summed E-state index contributed by atoms with van der Waals surface area (Å²) in [6.07, 6.45) is 2.88. The Labute approximate surface area is 158 Å². The molecule has 0 aliphatic rings. The van der Waals surface area contributed by atoms with Crippen LogP contribution in [0.2, 0.25) is 5.02 Å². The van der Waals surface area contributed by atoms with Crippen molar-refractivity contribution < 1.29 is 9.59 Å². The molecule has 0 radical (unpaired) electrons. The van der Waals surface area contributed by atoms with Gasteiger partial charge in [-0.1, -0.05) is 30.2 Å². The van der Waals surface area contributed by atoms with Gasteiger partial charge >= 0.3 is 0 Å². The monoisotopic (exact) mass is 373 g/mol. The lowest BCUT2D eigenvalue weighted by atomic mass is 10.1. The summed E-state index contributed by atoms with van der Waals surface area (Å²) in [6.45, 7) is 2.47. The second-order valence-electron chi connectivity index (χ2n) is 6.20. The van der Waals surface area contributed by atoms with Crippen molar-refractivity contribution in [1.29, 1.82) is 0 Å². The lowest BCUT2D eigenvalue weighted by Gasteiger charge is -2.08. The minimum Gasteiger partial charge on any atom is -0.398 e. The Morgan fingerprint density at radius 2 is 1.88 bits per heavy atom. The van der Waals surface area contributed by atoms with Gasteiger partial charge in [-0.2, -0.15) is 0 Å². The third-order valence-electron chi connectivity index (χ3n) is 4.02. The van der Waals surface area contributed by atoms with E-state index in [2.05, 4.69) is 10.6 Å². The van der Waals surface area contributed by atoms with E-state index in [0.29, 0.717) is 34.9 Å². The summed E-state index contributed by atoms with van der Waals surface area (Å²) in [5, 5.41) is 6.28. The third-order valence-corrected chi connectivity index (χ3v) is 4.25. The maximum atomic E-state index is 12.0. The van der Waals surface area contributed by atoms with Crippen molar-refractivity contribution in [1.82, 2.24) is 5.32 Å². The highest BCUT2D eigenvalue weighted by molar-refractivity contribution is 6.30. The van der Waals surface area contributed by atoms with Crippen LogP contribution in [0, 0.1) is 6.92 Å². The molecule has 2 aromatic carbocycles. The van der Waals surface area contributed by atoms with Crippen LogP contribution in [-0.4, -0.2) is 18.4 Å². The highest BCUT2D eigenvalue weighted by atomic mass is 35.5. The molecule has 0 aliphatic heterocycles. The molecule has 0 saturated heterocycles. The summed E-state index contributed by atoms with van der Waals surface area (Å²) < 4.78 is 0. The molecule has 0 aromatic heterocycles. The van der Waals surface area contributed by atoms with Gasteiger partial charge in [0.1, 0.15) is 0 Å². The zero-order valence-electron chi connectivity index (χ0n) is 14.8. The van der Waals surface area contributed by atoms with E-state index in [-0.39, 0.29) is 11.8 Å². The van der Waals surface area contributed by atoms with Crippen LogP contribution < -0.4 is 16.4 Å². The molecule has 0 spiro atoms. The van der Waals surface area contributed by atoms with Crippen molar-refractivity contribution in [2.45, 2.75) is 32.6 Å². The van der Waals surface area contributed by atoms with E-state index in [9.17, 15) is 9.59 Å². The topological polar surface area (TPSA) is 84.2 Å². The number of anilines is 2. The molecule has 0 unspecified atom stereocenters. The van der Waals surface area contributed by atoms with Crippen LogP contribution in [0.3, 0.4) is 0 Å². The van der Waals surface area contributed by atoms with E-state index in [0.717, 1.165) is 24.8 Å². The van der Waals surface area contributed by atoms with E-state index in [4.69, 9.17) is 17.3 Å². The van der Waals surface area contributed by atoms with Crippen LogP contribution in [0.4, 0.5) is 11.4 Å². The van der Waals surface area contributed by atoms with E-state index >= 15 is 0 Å². The molecule has 4 N–H and O–H groups in total. The van der Waals surface area contributed by atoms with Crippen molar-refractivity contribution in [2.75, 3.05) is 17.6 Å². The highest BCUT2D eigenvalue weighted by Gasteiger charge is 2.06. The first kappa shape index (κ1) is 19.8. The number of aryl methyl sites for hydroxylation is 1. The van der Waals surface area contributed by atoms with Crippen molar-refractivity contribution in [2.24, 2.45) is 0 Å². The molecule has 0 atom stereocenters. The van der Waals surface area contributed by atoms with Crippen LogP contribution >= 0.6 is 11.6 Å². The average Bonchev–Trinajstić information content (AvgIpc) is 2.60. The lowest BCUT2D eigenvalue weighted by molar-refractivity contribution is -0.116. The number of unbranched alkanes of at least 4 members (excludes halogenated alkanes) is 2. The molecule has 0 saturated carbocycles. The predicted molar refractivity (Wildman–Crippen MR) is 106 cm³/mol. The Morgan fingerprint density at radius 3 is 2.62 bits per heavy atom.